The smallest absolute Gasteiger partial charge is 0.301 e. The van der Waals surface area contributed by atoms with E-state index in [4.69, 9.17) is 5.73 Å². The molecule has 1 heterocycles. The van der Waals surface area contributed by atoms with Gasteiger partial charge in [0.25, 0.3) is 0 Å². The van der Waals surface area contributed by atoms with E-state index < -0.39 is 10.2 Å². The Morgan fingerprint density at radius 2 is 2.05 bits per heavy atom. The van der Waals surface area contributed by atoms with Gasteiger partial charge in [0, 0.05) is 18.7 Å². The van der Waals surface area contributed by atoms with E-state index in [1.165, 1.54) is 4.31 Å². The van der Waals surface area contributed by atoms with Crippen molar-refractivity contribution in [1.82, 2.24) is 4.31 Å². The third kappa shape index (κ3) is 3.51. The molecule has 3 N–H and O–H groups in total. The van der Waals surface area contributed by atoms with E-state index in [0.717, 1.165) is 18.4 Å². The largest absolute Gasteiger partial charge is 0.320 e. The molecule has 0 atom stereocenters. The minimum absolute atomic E-state index is 0.242. The van der Waals surface area contributed by atoms with Crippen LogP contribution in [-0.4, -0.2) is 32.4 Å². The van der Waals surface area contributed by atoms with Crippen molar-refractivity contribution < 1.29 is 8.42 Å². The highest BCUT2D eigenvalue weighted by molar-refractivity contribution is 7.90. The fourth-order valence-corrected chi connectivity index (χ4v) is 3.45. The fourth-order valence-electron chi connectivity index (χ4n) is 2.13. The lowest BCUT2D eigenvalue weighted by molar-refractivity contribution is 0.482. The topological polar surface area (TPSA) is 75.4 Å². The van der Waals surface area contributed by atoms with Gasteiger partial charge in [-0.25, -0.2) is 0 Å². The van der Waals surface area contributed by atoms with E-state index in [1.54, 1.807) is 6.07 Å². The molecule has 6 heteroatoms. The van der Waals surface area contributed by atoms with Gasteiger partial charge in [-0.2, -0.15) is 12.7 Å². The second kappa shape index (κ2) is 6.27. The van der Waals surface area contributed by atoms with Gasteiger partial charge in [-0.3, -0.25) is 4.72 Å². The molecule has 0 aliphatic carbocycles. The van der Waals surface area contributed by atoms with E-state index in [9.17, 15) is 8.42 Å². The van der Waals surface area contributed by atoms with Crippen molar-refractivity contribution in [1.29, 1.82) is 0 Å². The zero-order valence-corrected chi connectivity index (χ0v) is 12.3. The molecular weight excluding hydrogens is 274 g/mol. The zero-order chi connectivity index (χ0) is 14.6. The summed E-state index contributed by atoms with van der Waals surface area (Å²) in [5.41, 5.74) is 7.55. The van der Waals surface area contributed by atoms with Crippen molar-refractivity contribution in [2.24, 2.45) is 5.73 Å². The molecule has 1 aliphatic rings. The van der Waals surface area contributed by atoms with Crippen molar-refractivity contribution >= 4 is 15.9 Å². The first-order valence-corrected chi connectivity index (χ1v) is 8.04. The summed E-state index contributed by atoms with van der Waals surface area (Å²) in [6.07, 6.45) is 1.82. The number of nitrogens with zero attached hydrogens (tertiary/aromatic N) is 1. The molecule has 0 unspecified atom stereocenters. The number of hydrogen-bond donors (Lipinski definition) is 2. The maximum atomic E-state index is 12.3. The molecule has 2 rings (SSSR count). The molecule has 0 radical (unpaired) electrons. The van der Waals surface area contributed by atoms with Gasteiger partial charge < -0.3 is 5.73 Å². The number of rotatable bonds is 3. The van der Waals surface area contributed by atoms with Gasteiger partial charge in [0.05, 0.1) is 12.2 Å². The lowest BCUT2D eigenvalue weighted by Gasteiger charge is -2.17. The van der Waals surface area contributed by atoms with Crippen LogP contribution >= 0.6 is 0 Å². The first kappa shape index (κ1) is 14.9. The Morgan fingerprint density at radius 1 is 1.35 bits per heavy atom. The van der Waals surface area contributed by atoms with E-state index in [-0.39, 0.29) is 6.54 Å². The standard InChI is InChI=1S/C14H19N3O2S/c1-12-6-7-14(13(11-12)5-4-8-15)16-20(18,19)17-9-2-3-10-17/h6-7,11,16H,2-3,8-10,15H2,1H3. The summed E-state index contributed by atoms with van der Waals surface area (Å²) in [6, 6.07) is 5.45. The fraction of sp³-hybridized carbons (Fsp3) is 0.429. The normalized spacial score (nSPS) is 15.7. The Bertz CT molecular complexity index is 638. The minimum atomic E-state index is -3.49. The van der Waals surface area contributed by atoms with Crippen molar-refractivity contribution in [3.8, 4) is 11.8 Å². The lowest BCUT2D eigenvalue weighted by Crippen LogP contribution is -2.33. The summed E-state index contributed by atoms with van der Waals surface area (Å²) in [4.78, 5) is 0. The monoisotopic (exact) mass is 293 g/mol. The zero-order valence-electron chi connectivity index (χ0n) is 11.5. The van der Waals surface area contributed by atoms with Gasteiger partial charge in [-0.15, -0.1) is 0 Å². The molecule has 20 heavy (non-hydrogen) atoms. The molecule has 1 aromatic rings. The quantitative estimate of drug-likeness (QED) is 0.818. The number of benzene rings is 1. The SMILES string of the molecule is Cc1ccc(NS(=O)(=O)N2CCCC2)c(C#CCN)c1. The second-order valence-corrected chi connectivity index (χ2v) is 6.44. The van der Waals surface area contributed by atoms with Gasteiger partial charge in [-0.05, 0) is 37.5 Å². The molecule has 1 saturated heterocycles. The molecular formula is C14H19N3O2S. The van der Waals surface area contributed by atoms with Crippen LogP contribution in [0.1, 0.15) is 24.0 Å². The van der Waals surface area contributed by atoms with Crippen molar-refractivity contribution in [2.75, 3.05) is 24.4 Å². The maximum Gasteiger partial charge on any atom is 0.301 e. The van der Waals surface area contributed by atoms with Gasteiger partial charge in [0.1, 0.15) is 0 Å². The second-order valence-electron chi connectivity index (χ2n) is 4.77. The Morgan fingerprint density at radius 3 is 2.70 bits per heavy atom. The predicted molar refractivity (Wildman–Crippen MR) is 80.5 cm³/mol. The molecule has 0 saturated carbocycles. The maximum absolute atomic E-state index is 12.3. The van der Waals surface area contributed by atoms with E-state index >= 15 is 0 Å². The number of nitrogens with two attached hydrogens (primary N) is 1. The number of hydrogen-bond acceptors (Lipinski definition) is 3. The van der Waals surface area contributed by atoms with Crippen LogP contribution in [0.25, 0.3) is 0 Å². The molecule has 108 valence electrons. The third-order valence-electron chi connectivity index (χ3n) is 3.14. The van der Waals surface area contributed by atoms with Gasteiger partial charge in [-0.1, -0.05) is 17.9 Å². The lowest BCUT2D eigenvalue weighted by atomic mass is 10.1. The van der Waals surface area contributed by atoms with Gasteiger partial charge in [0.2, 0.25) is 0 Å². The molecule has 5 nitrogen and oxygen atoms in total. The molecule has 0 spiro atoms. The van der Waals surface area contributed by atoms with Crippen molar-refractivity contribution in [3.63, 3.8) is 0 Å². The predicted octanol–water partition coefficient (Wildman–Crippen LogP) is 1.06. The van der Waals surface area contributed by atoms with E-state index in [0.29, 0.717) is 24.3 Å². The van der Waals surface area contributed by atoms with Crippen LogP contribution in [0, 0.1) is 18.8 Å². The van der Waals surface area contributed by atoms with Crippen LogP contribution in [0.15, 0.2) is 18.2 Å². The van der Waals surface area contributed by atoms with Crippen LogP contribution in [0.2, 0.25) is 0 Å². The summed E-state index contributed by atoms with van der Waals surface area (Å²) < 4.78 is 28.6. The summed E-state index contributed by atoms with van der Waals surface area (Å²) >= 11 is 0. The van der Waals surface area contributed by atoms with Crippen molar-refractivity contribution in [2.45, 2.75) is 19.8 Å². The number of nitrogens with one attached hydrogen (secondary N) is 1. The molecule has 0 amide bonds. The average Bonchev–Trinajstić information content (AvgIpc) is 2.93. The van der Waals surface area contributed by atoms with E-state index in [1.807, 2.05) is 19.1 Å². The Balaban J connectivity index is 2.28. The highest BCUT2D eigenvalue weighted by Crippen LogP contribution is 2.21. The van der Waals surface area contributed by atoms with Crippen LogP contribution < -0.4 is 10.5 Å². The molecule has 1 aromatic carbocycles. The Labute approximate surface area is 120 Å². The highest BCUT2D eigenvalue weighted by atomic mass is 32.2. The van der Waals surface area contributed by atoms with Gasteiger partial charge in [0.15, 0.2) is 0 Å². The third-order valence-corrected chi connectivity index (χ3v) is 4.67. The van der Waals surface area contributed by atoms with Crippen LogP contribution in [0.4, 0.5) is 5.69 Å². The van der Waals surface area contributed by atoms with Crippen LogP contribution in [-0.2, 0) is 10.2 Å². The van der Waals surface area contributed by atoms with Crippen molar-refractivity contribution in [3.05, 3.63) is 29.3 Å². The molecule has 1 aliphatic heterocycles. The summed E-state index contributed by atoms with van der Waals surface area (Å²) in [5, 5.41) is 0. The highest BCUT2D eigenvalue weighted by Gasteiger charge is 2.25. The average molecular weight is 293 g/mol. The van der Waals surface area contributed by atoms with Crippen LogP contribution in [0.5, 0.6) is 0 Å². The van der Waals surface area contributed by atoms with Crippen LogP contribution in [0.3, 0.4) is 0 Å². The Hall–Kier alpha value is -1.55. The van der Waals surface area contributed by atoms with E-state index in [2.05, 4.69) is 16.6 Å². The number of aryl methyl sites for hydroxylation is 1. The first-order chi connectivity index (χ1) is 9.53. The minimum Gasteiger partial charge on any atom is -0.320 e. The molecule has 1 fully saturated rings. The van der Waals surface area contributed by atoms with Gasteiger partial charge >= 0.3 is 10.2 Å². The summed E-state index contributed by atoms with van der Waals surface area (Å²) in [6.45, 7) is 3.33. The molecule has 0 aromatic heterocycles. The molecule has 0 bridgehead atoms. The summed E-state index contributed by atoms with van der Waals surface area (Å²) in [5.74, 6) is 5.66. The Kier molecular flexibility index (Phi) is 4.65. The number of anilines is 1. The summed E-state index contributed by atoms with van der Waals surface area (Å²) in [7, 11) is -3.49. The first-order valence-electron chi connectivity index (χ1n) is 6.60.